The van der Waals surface area contributed by atoms with E-state index < -0.39 is 6.04 Å². The van der Waals surface area contributed by atoms with E-state index in [0.29, 0.717) is 31.5 Å². The van der Waals surface area contributed by atoms with E-state index in [0.717, 1.165) is 19.3 Å². The average molecular weight is 493 g/mol. The van der Waals surface area contributed by atoms with Gasteiger partial charge in [-0.05, 0) is 32.1 Å². The summed E-state index contributed by atoms with van der Waals surface area (Å²) in [5, 5.41) is 5.42. The third-order valence-electron chi connectivity index (χ3n) is 6.76. The van der Waals surface area contributed by atoms with E-state index in [1.54, 1.807) is 29.8 Å². The fourth-order valence-corrected chi connectivity index (χ4v) is 4.60. The SMILES string of the molecule is CCCCCCCCCCNC(=O)[C@@H]1CCCN1C(=O)C(C)=C[C@H](C(C)C)N(C)C(=O)CNC=O. The molecule has 1 aliphatic rings. The number of hydrogen-bond acceptors (Lipinski definition) is 4. The van der Waals surface area contributed by atoms with Gasteiger partial charge in [-0.15, -0.1) is 0 Å². The Morgan fingerprint density at radius 1 is 1.06 bits per heavy atom. The summed E-state index contributed by atoms with van der Waals surface area (Å²) in [7, 11) is 1.67. The molecule has 0 bridgehead atoms. The fourth-order valence-electron chi connectivity index (χ4n) is 4.60. The second kappa shape index (κ2) is 17.1. The van der Waals surface area contributed by atoms with Crippen molar-refractivity contribution < 1.29 is 19.2 Å². The summed E-state index contributed by atoms with van der Waals surface area (Å²) in [6, 6.07) is -0.731. The second-order valence-electron chi connectivity index (χ2n) is 10.0. The molecule has 200 valence electrons. The maximum atomic E-state index is 13.2. The predicted molar refractivity (Wildman–Crippen MR) is 140 cm³/mol. The summed E-state index contributed by atoms with van der Waals surface area (Å²) in [5.41, 5.74) is 0.523. The van der Waals surface area contributed by atoms with Crippen LogP contribution >= 0.6 is 0 Å². The Labute approximate surface area is 212 Å². The number of unbranched alkanes of at least 4 members (excludes halogenated alkanes) is 7. The van der Waals surface area contributed by atoms with Gasteiger partial charge in [0, 0.05) is 25.7 Å². The number of nitrogens with one attached hydrogen (secondary N) is 2. The summed E-state index contributed by atoms with van der Waals surface area (Å²) in [4.78, 5) is 52.1. The molecular weight excluding hydrogens is 444 g/mol. The molecule has 0 spiro atoms. The van der Waals surface area contributed by atoms with Gasteiger partial charge in [0.1, 0.15) is 6.04 Å². The molecule has 8 nitrogen and oxygen atoms in total. The second-order valence-corrected chi connectivity index (χ2v) is 10.0. The van der Waals surface area contributed by atoms with Crippen LogP contribution in [0.1, 0.15) is 91.9 Å². The number of nitrogens with zero attached hydrogens (tertiary/aromatic N) is 2. The number of carbonyl (C=O) groups excluding carboxylic acids is 4. The largest absolute Gasteiger partial charge is 0.354 e. The topological polar surface area (TPSA) is 98.8 Å². The molecule has 0 unspecified atom stereocenters. The first-order valence-corrected chi connectivity index (χ1v) is 13.4. The summed E-state index contributed by atoms with van der Waals surface area (Å²) in [6.45, 7) is 9.05. The van der Waals surface area contributed by atoms with Crippen LogP contribution in [-0.2, 0) is 19.2 Å². The fraction of sp³-hybridized carbons (Fsp3) is 0.778. The minimum Gasteiger partial charge on any atom is -0.354 e. The van der Waals surface area contributed by atoms with Gasteiger partial charge in [0.2, 0.25) is 24.1 Å². The Morgan fingerprint density at radius 2 is 1.69 bits per heavy atom. The van der Waals surface area contributed by atoms with Gasteiger partial charge in [-0.1, -0.05) is 71.8 Å². The van der Waals surface area contributed by atoms with Gasteiger partial charge in [-0.3, -0.25) is 19.2 Å². The Morgan fingerprint density at radius 3 is 2.29 bits per heavy atom. The maximum absolute atomic E-state index is 13.2. The minimum absolute atomic E-state index is 0.0701. The molecular formula is C27H48N4O4. The van der Waals surface area contributed by atoms with E-state index in [9.17, 15) is 19.2 Å². The van der Waals surface area contributed by atoms with Gasteiger partial charge in [0.05, 0.1) is 12.6 Å². The van der Waals surface area contributed by atoms with Gasteiger partial charge in [0.25, 0.3) is 0 Å². The van der Waals surface area contributed by atoms with E-state index in [2.05, 4.69) is 17.6 Å². The van der Waals surface area contributed by atoms with Crippen molar-refractivity contribution in [3.8, 4) is 0 Å². The van der Waals surface area contributed by atoms with E-state index in [-0.39, 0.29) is 36.2 Å². The zero-order valence-electron chi connectivity index (χ0n) is 22.6. The van der Waals surface area contributed by atoms with Gasteiger partial charge >= 0.3 is 0 Å². The first-order chi connectivity index (χ1) is 16.7. The van der Waals surface area contributed by atoms with Crippen LogP contribution < -0.4 is 10.6 Å². The van der Waals surface area contributed by atoms with Crippen LogP contribution in [0.2, 0.25) is 0 Å². The lowest BCUT2D eigenvalue weighted by atomic mass is 9.99. The third-order valence-corrected chi connectivity index (χ3v) is 6.76. The number of likely N-dealkylation sites (N-methyl/N-ethyl adjacent to an activating group) is 1. The minimum atomic E-state index is -0.437. The van der Waals surface area contributed by atoms with Crippen LogP contribution in [0.25, 0.3) is 0 Å². The van der Waals surface area contributed by atoms with Gasteiger partial charge in [-0.25, -0.2) is 0 Å². The first-order valence-electron chi connectivity index (χ1n) is 13.4. The van der Waals surface area contributed by atoms with Crippen molar-refractivity contribution in [3.05, 3.63) is 11.6 Å². The zero-order valence-corrected chi connectivity index (χ0v) is 22.6. The molecule has 8 heteroatoms. The Kier molecular flexibility index (Phi) is 15.0. The normalized spacial score (nSPS) is 16.8. The smallest absolute Gasteiger partial charge is 0.249 e. The molecule has 1 rings (SSSR count). The standard InChI is InChI=1S/C27H48N4O4/c1-6-7-8-9-10-11-12-13-16-29-26(34)23-15-14-17-31(23)27(35)22(4)18-24(21(2)3)30(5)25(33)19-28-20-32/h18,20-21,23-24H,6-17,19H2,1-5H3,(H,28,32)(H,29,34)/t23-,24+/m0/s1. The van der Waals surface area contributed by atoms with Gasteiger partial charge in [0.15, 0.2) is 0 Å². The summed E-state index contributed by atoms with van der Waals surface area (Å²) in [5.74, 6) is -0.384. The summed E-state index contributed by atoms with van der Waals surface area (Å²) < 4.78 is 0. The first kappa shape index (κ1) is 30.7. The highest BCUT2D eigenvalue weighted by Crippen LogP contribution is 2.21. The predicted octanol–water partition coefficient (Wildman–Crippen LogP) is 3.41. The van der Waals surface area contributed by atoms with Gasteiger partial charge < -0.3 is 20.4 Å². The van der Waals surface area contributed by atoms with Crippen molar-refractivity contribution in [2.75, 3.05) is 26.7 Å². The molecule has 1 heterocycles. The van der Waals surface area contributed by atoms with Crippen molar-refractivity contribution in [2.45, 2.75) is 104 Å². The van der Waals surface area contributed by atoms with Gasteiger partial charge in [-0.2, -0.15) is 0 Å². The molecule has 0 aliphatic carbocycles. The Bertz CT molecular complexity index is 707. The molecule has 2 N–H and O–H groups in total. The van der Waals surface area contributed by atoms with Crippen molar-refractivity contribution in [1.29, 1.82) is 0 Å². The van der Waals surface area contributed by atoms with Crippen LogP contribution in [0.4, 0.5) is 0 Å². The van der Waals surface area contributed by atoms with Crippen molar-refractivity contribution in [1.82, 2.24) is 20.4 Å². The lowest BCUT2D eigenvalue weighted by Gasteiger charge is -2.30. The molecule has 0 saturated carbocycles. The van der Waals surface area contributed by atoms with Crippen molar-refractivity contribution >= 4 is 24.1 Å². The maximum Gasteiger partial charge on any atom is 0.249 e. The quantitative estimate of drug-likeness (QED) is 0.185. The van der Waals surface area contributed by atoms with E-state index in [1.165, 1.54) is 38.5 Å². The van der Waals surface area contributed by atoms with Crippen LogP contribution in [0.3, 0.4) is 0 Å². The average Bonchev–Trinajstić information content (AvgIpc) is 3.33. The molecule has 0 aromatic heterocycles. The van der Waals surface area contributed by atoms with Crippen LogP contribution in [0.15, 0.2) is 11.6 Å². The number of amides is 4. The lowest BCUT2D eigenvalue weighted by molar-refractivity contribution is -0.135. The Balaban J connectivity index is 2.61. The number of carbonyl (C=O) groups is 4. The molecule has 4 amide bonds. The molecule has 0 radical (unpaired) electrons. The molecule has 2 atom stereocenters. The summed E-state index contributed by atoms with van der Waals surface area (Å²) >= 11 is 0. The van der Waals surface area contributed by atoms with Crippen LogP contribution in [-0.4, -0.2) is 72.7 Å². The van der Waals surface area contributed by atoms with E-state index in [1.807, 2.05) is 13.8 Å². The zero-order chi connectivity index (χ0) is 26.2. The molecule has 1 saturated heterocycles. The van der Waals surface area contributed by atoms with Crippen LogP contribution in [0, 0.1) is 5.92 Å². The molecule has 35 heavy (non-hydrogen) atoms. The number of rotatable bonds is 17. The monoisotopic (exact) mass is 492 g/mol. The molecule has 1 fully saturated rings. The molecule has 0 aromatic carbocycles. The Hall–Kier alpha value is -2.38. The highest BCUT2D eigenvalue weighted by molar-refractivity contribution is 5.97. The van der Waals surface area contributed by atoms with Crippen molar-refractivity contribution in [2.24, 2.45) is 5.92 Å². The highest BCUT2D eigenvalue weighted by atomic mass is 16.2. The molecule has 1 aliphatic heterocycles. The number of likely N-dealkylation sites (tertiary alicyclic amines) is 1. The summed E-state index contributed by atoms with van der Waals surface area (Å²) in [6.07, 6.45) is 13.5. The van der Waals surface area contributed by atoms with E-state index in [4.69, 9.17) is 0 Å². The highest BCUT2D eigenvalue weighted by Gasteiger charge is 2.34. The van der Waals surface area contributed by atoms with Crippen LogP contribution in [0.5, 0.6) is 0 Å². The van der Waals surface area contributed by atoms with Crippen molar-refractivity contribution in [3.63, 3.8) is 0 Å². The van der Waals surface area contributed by atoms with E-state index >= 15 is 0 Å². The number of hydrogen-bond donors (Lipinski definition) is 2. The lowest BCUT2D eigenvalue weighted by Crippen LogP contribution is -2.47. The molecule has 0 aromatic rings. The third kappa shape index (κ3) is 10.8.